The van der Waals surface area contributed by atoms with Crippen LogP contribution in [0.3, 0.4) is 0 Å². The van der Waals surface area contributed by atoms with Gasteiger partial charge in [0.25, 0.3) is 5.56 Å². The van der Waals surface area contributed by atoms with Crippen molar-refractivity contribution >= 4 is 45.8 Å². The molecule has 0 spiro atoms. The van der Waals surface area contributed by atoms with Crippen molar-refractivity contribution < 1.29 is 4.79 Å². The average molecular weight is 393 g/mol. The fraction of sp³-hybridized carbons (Fsp3) is 0.294. The van der Waals surface area contributed by atoms with Gasteiger partial charge in [0.15, 0.2) is 5.52 Å². The largest absolute Gasteiger partial charge is 0.332 e. The van der Waals surface area contributed by atoms with Gasteiger partial charge in [0.1, 0.15) is 6.54 Å². The van der Waals surface area contributed by atoms with E-state index in [9.17, 15) is 14.4 Å². The Morgan fingerprint density at radius 2 is 2.00 bits per heavy atom. The van der Waals surface area contributed by atoms with Gasteiger partial charge < -0.3 is 5.32 Å². The molecule has 9 heteroatoms. The van der Waals surface area contributed by atoms with E-state index in [4.69, 9.17) is 11.6 Å². The number of nitrogens with one attached hydrogen (secondary N) is 1. The van der Waals surface area contributed by atoms with E-state index in [1.165, 1.54) is 4.57 Å². The lowest BCUT2D eigenvalue weighted by Crippen LogP contribution is -2.42. The highest BCUT2D eigenvalue weighted by Crippen LogP contribution is 2.20. The summed E-state index contributed by atoms with van der Waals surface area (Å²) in [5.74, 6) is -0.315. The first-order valence-electron chi connectivity index (χ1n) is 8.00. The number of anilines is 1. The second-order valence-electron chi connectivity index (χ2n) is 6.25. The van der Waals surface area contributed by atoms with Crippen molar-refractivity contribution in [3.8, 4) is 0 Å². The number of fused-ring (bicyclic) bond motifs is 1. The Hall–Kier alpha value is -2.45. The Kier molecular flexibility index (Phi) is 5.24. The molecule has 3 rings (SSSR count). The molecular formula is C17H17ClN4O3S. The molecule has 1 aromatic carbocycles. The molecule has 0 fully saturated rings. The van der Waals surface area contributed by atoms with Crippen LogP contribution in [0.5, 0.6) is 0 Å². The maximum Gasteiger partial charge on any atom is 0.332 e. The SMILES string of the molecule is CC(C)Cn1c(=O)c2nscc2n(CC(=O)Nc2ccccc2Cl)c1=O. The standard InChI is InChI=1S/C17H17ClN4O3S/c1-10(2)7-22-16(24)15-13(9-26-20-15)21(17(22)25)8-14(23)19-12-6-4-3-5-11(12)18/h3-6,9-10H,7-8H2,1-2H3,(H,19,23). The number of aromatic nitrogens is 3. The Balaban J connectivity index is 2.00. The summed E-state index contributed by atoms with van der Waals surface area (Å²) in [5.41, 5.74) is 0.0657. The van der Waals surface area contributed by atoms with Crippen LogP contribution in [0, 0.1) is 5.92 Å². The Bertz CT molecular complexity index is 1080. The van der Waals surface area contributed by atoms with E-state index in [0.29, 0.717) is 16.2 Å². The lowest BCUT2D eigenvalue weighted by atomic mass is 10.2. The topological polar surface area (TPSA) is 86.0 Å². The smallest absolute Gasteiger partial charge is 0.323 e. The molecule has 26 heavy (non-hydrogen) atoms. The maximum absolute atomic E-state index is 12.8. The highest BCUT2D eigenvalue weighted by Gasteiger charge is 2.18. The van der Waals surface area contributed by atoms with Crippen LogP contribution in [-0.4, -0.2) is 19.4 Å². The van der Waals surface area contributed by atoms with Crippen molar-refractivity contribution in [1.82, 2.24) is 13.5 Å². The zero-order valence-corrected chi connectivity index (χ0v) is 15.8. The predicted molar refractivity (Wildman–Crippen MR) is 103 cm³/mol. The summed E-state index contributed by atoms with van der Waals surface area (Å²) in [6, 6.07) is 6.83. The molecule has 136 valence electrons. The Morgan fingerprint density at radius 3 is 2.69 bits per heavy atom. The lowest BCUT2D eigenvalue weighted by molar-refractivity contribution is -0.116. The number of halogens is 1. The molecule has 1 amide bonds. The van der Waals surface area contributed by atoms with Gasteiger partial charge in [0.05, 0.1) is 16.2 Å². The number of hydrogen-bond donors (Lipinski definition) is 1. The summed E-state index contributed by atoms with van der Waals surface area (Å²) in [7, 11) is 0. The van der Waals surface area contributed by atoms with Crippen LogP contribution in [0.25, 0.3) is 11.0 Å². The molecule has 2 heterocycles. The summed E-state index contributed by atoms with van der Waals surface area (Å²) < 4.78 is 6.50. The third-order valence-corrected chi connectivity index (χ3v) is 4.69. The fourth-order valence-electron chi connectivity index (χ4n) is 2.61. The highest BCUT2D eigenvalue weighted by molar-refractivity contribution is 7.04. The van der Waals surface area contributed by atoms with Crippen molar-refractivity contribution in [2.45, 2.75) is 26.9 Å². The summed E-state index contributed by atoms with van der Waals surface area (Å²) >= 11 is 7.12. The van der Waals surface area contributed by atoms with Crippen molar-refractivity contribution in [2.24, 2.45) is 5.92 Å². The first-order valence-corrected chi connectivity index (χ1v) is 9.22. The van der Waals surface area contributed by atoms with Gasteiger partial charge in [0.2, 0.25) is 5.91 Å². The van der Waals surface area contributed by atoms with Gasteiger partial charge in [-0.1, -0.05) is 37.6 Å². The third-order valence-electron chi connectivity index (χ3n) is 3.75. The molecule has 1 N–H and O–H groups in total. The summed E-state index contributed by atoms with van der Waals surface area (Å²) in [5, 5.41) is 4.68. The number of hydrogen-bond acceptors (Lipinski definition) is 5. The van der Waals surface area contributed by atoms with Gasteiger partial charge in [-0.2, -0.15) is 4.37 Å². The normalized spacial score (nSPS) is 11.2. The first-order chi connectivity index (χ1) is 12.4. The van der Waals surface area contributed by atoms with Crippen LogP contribution in [0.2, 0.25) is 5.02 Å². The van der Waals surface area contributed by atoms with Crippen molar-refractivity contribution in [3.63, 3.8) is 0 Å². The number of nitrogens with zero attached hydrogens (tertiary/aromatic N) is 3. The molecule has 0 bridgehead atoms. The molecule has 0 unspecified atom stereocenters. The van der Waals surface area contributed by atoms with Gasteiger partial charge in [0, 0.05) is 11.9 Å². The molecule has 0 atom stereocenters. The van der Waals surface area contributed by atoms with E-state index in [2.05, 4.69) is 9.69 Å². The molecule has 0 saturated carbocycles. The summed E-state index contributed by atoms with van der Waals surface area (Å²) in [6.07, 6.45) is 0. The second kappa shape index (κ2) is 7.43. The monoisotopic (exact) mass is 392 g/mol. The second-order valence-corrected chi connectivity index (χ2v) is 7.29. The van der Waals surface area contributed by atoms with Crippen LogP contribution < -0.4 is 16.6 Å². The van der Waals surface area contributed by atoms with Gasteiger partial charge in [-0.05, 0) is 29.6 Å². The molecule has 0 aliphatic carbocycles. The van der Waals surface area contributed by atoms with E-state index >= 15 is 0 Å². The first kappa shape index (κ1) is 18.3. The minimum atomic E-state index is -0.522. The van der Waals surface area contributed by atoms with Crippen LogP contribution in [0.1, 0.15) is 13.8 Å². The van der Waals surface area contributed by atoms with Crippen LogP contribution >= 0.6 is 23.1 Å². The Labute approximate surface area is 158 Å². The van der Waals surface area contributed by atoms with E-state index in [1.54, 1.807) is 29.6 Å². The van der Waals surface area contributed by atoms with Crippen molar-refractivity contribution in [2.75, 3.05) is 5.32 Å². The molecular weight excluding hydrogens is 376 g/mol. The molecule has 0 aliphatic heterocycles. The zero-order valence-electron chi connectivity index (χ0n) is 14.2. The highest BCUT2D eigenvalue weighted by atomic mass is 35.5. The van der Waals surface area contributed by atoms with E-state index in [-0.39, 0.29) is 24.5 Å². The quantitative estimate of drug-likeness (QED) is 0.723. The van der Waals surface area contributed by atoms with Crippen LogP contribution in [-0.2, 0) is 17.9 Å². The van der Waals surface area contributed by atoms with Crippen molar-refractivity contribution in [3.05, 3.63) is 55.5 Å². The van der Waals surface area contributed by atoms with Gasteiger partial charge >= 0.3 is 5.69 Å². The lowest BCUT2D eigenvalue weighted by Gasteiger charge is -2.13. The number of carbonyl (C=O) groups is 1. The number of rotatable bonds is 5. The summed E-state index contributed by atoms with van der Waals surface area (Å²) in [6.45, 7) is 3.84. The summed E-state index contributed by atoms with van der Waals surface area (Å²) in [4.78, 5) is 37.7. The van der Waals surface area contributed by atoms with E-state index in [1.807, 2.05) is 13.8 Å². The van der Waals surface area contributed by atoms with E-state index in [0.717, 1.165) is 16.1 Å². The average Bonchev–Trinajstić information content (AvgIpc) is 3.07. The third kappa shape index (κ3) is 3.56. The molecule has 0 radical (unpaired) electrons. The van der Waals surface area contributed by atoms with Crippen LogP contribution in [0.4, 0.5) is 5.69 Å². The van der Waals surface area contributed by atoms with E-state index < -0.39 is 17.2 Å². The number of carbonyl (C=O) groups excluding carboxylic acids is 1. The molecule has 2 aromatic heterocycles. The molecule has 7 nitrogen and oxygen atoms in total. The zero-order chi connectivity index (χ0) is 18.8. The molecule has 3 aromatic rings. The van der Waals surface area contributed by atoms with Gasteiger partial charge in [-0.25, -0.2) is 4.79 Å². The predicted octanol–water partition coefficient (Wildman–Crippen LogP) is 2.57. The minimum absolute atomic E-state index is 0.0990. The molecule has 0 saturated heterocycles. The Morgan fingerprint density at radius 1 is 1.27 bits per heavy atom. The number of benzene rings is 1. The van der Waals surface area contributed by atoms with Gasteiger partial charge in [-0.3, -0.25) is 18.7 Å². The minimum Gasteiger partial charge on any atom is -0.323 e. The van der Waals surface area contributed by atoms with Crippen molar-refractivity contribution in [1.29, 1.82) is 0 Å². The fourth-order valence-corrected chi connectivity index (χ4v) is 3.46. The number of amides is 1. The van der Waals surface area contributed by atoms with Gasteiger partial charge in [-0.15, -0.1) is 0 Å². The van der Waals surface area contributed by atoms with Crippen LogP contribution in [0.15, 0.2) is 39.2 Å². The maximum atomic E-state index is 12.8. The number of para-hydroxylation sites is 1. The molecule has 0 aliphatic rings.